The van der Waals surface area contributed by atoms with Gasteiger partial charge < -0.3 is 4.74 Å². The van der Waals surface area contributed by atoms with Crippen LogP contribution in [0.25, 0.3) is 0 Å². The van der Waals surface area contributed by atoms with Gasteiger partial charge in [-0.15, -0.1) is 0 Å². The highest BCUT2D eigenvalue weighted by atomic mass is 79.9. The fourth-order valence-corrected chi connectivity index (χ4v) is 3.42. The first-order chi connectivity index (χ1) is 9.06. The molecule has 0 heterocycles. The second-order valence-corrected chi connectivity index (χ2v) is 6.25. The monoisotopic (exact) mass is 326 g/mol. The molecule has 1 aromatic rings. The number of hydrogen-bond acceptors (Lipinski definition) is 1. The van der Waals surface area contributed by atoms with Crippen molar-refractivity contribution in [1.82, 2.24) is 0 Å². The van der Waals surface area contributed by atoms with Crippen LogP contribution < -0.4 is 4.74 Å². The van der Waals surface area contributed by atoms with Crippen molar-refractivity contribution in [3.8, 4) is 5.75 Å². The zero-order valence-corrected chi connectivity index (χ0v) is 14.3. The van der Waals surface area contributed by atoms with Crippen molar-refractivity contribution in [2.75, 3.05) is 11.9 Å². The minimum Gasteiger partial charge on any atom is -0.493 e. The lowest BCUT2D eigenvalue weighted by Crippen LogP contribution is -2.30. The third-order valence-corrected chi connectivity index (χ3v) is 4.90. The van der Waals surface area contributed by atoms with Crippen LogP contribution in [-0.4, -0.2) is 11.9 Å². The topological polar surface area (TPSA) is 9.23 Å². The normalized spacial score (nSPS) is 11.6. The largest absolute Gasteiger partial charge is 0.493 e. The number of aryl methyl sites for hydroxylation is 2. The van der Waals surface area contributed by atoms with Gasteiger partial charge in [0.15, 0.2) is 0 Å². The molecular formula is C17H27BrO. The second-order valence-electron chi connectivity index (χ2n) is 5.69. The van der Waals surface area contributed by atoms with Crippen LogP contribution in [0.4, 0.5) is 0 Å². The lowest BCUT2D eigenvalue weighted by Gasteiger charge is -2.31. The first-order valence-corrected chi connectivity index (χ1v) is 8.45. The number of benzene rings is 1. The molecule has 19 heavy (non-hydrogen) atoms. The summed E-state index contributed by atoms with van der Waals surface area (Å²) >= 11 is 3.70. The van der Waals surface area contributed by atoms with E-state index in [1.54, 1.807) is 0 Å². The van der Waals surface area contributed by atoms with Crippen molar-refractivity contribution >= 4 is 15.9 Å². The third-order valence-electron chi connectivity index (χ3n) is 3.71. The summed E-state index contributed by atoms with van der Waals surface area (Å²) in [4.78, 5) is 0. The Balaban J connectivity index is 2.74. The van der Waals surface area contributed by atoms with Crippen molar-refractivity contribution in [3.05, 3.63) is 29.3 Å². The van der Waals surface area contributed by atoms with Gasteiger partial charge in [-0.2, -0.15) is 0 Å². The molecule has 0 N–H and O–H groups in total. The van der Waals surface area contributed by atoms with Crippen LogP contribution in [0.3, 0.4) is 0 Å². The highest BCUT2D eigenvalue weighted by molar-refractivity contribution is 9.09. The predicted molar refractivity (Wildman–Crippen MR) is 87.5 cm³/mol. The highest BCUT2D eigenvalue weighted by Crippen LogP contribution is 2.33. The van der Waals surface area contributed by atoms with Gasteiger partial charge in [-0.3, -0.25) is 0 Å². The molecule has 1 nitrogen and oxygen atoms in total. The quantitative estimate of drug-likeness (QED) is 0.560. The molecule has 0 saturated carbocycles. The number of ether oxygens (including phenoxy) is 1. The Labute approximate surface area is 126 Å². The van der Waals surface area contributed by atoms with Crippen molar-refractivity contribution in [1.29, 1.82) is 0 Å². The van der Waals surface area contributed by atoms with Crippen LogP contribution >= 0.6 is 15.9 Å². The fourth-order valence-electron chi connectivity index (χ4n) is 2.69. The molecule has 0 radical (unpaired) electrons. The summed E-state index contributed by atoms with van der Waals surface area (Å²) in [7, 11) is 0. The van der Waals surface area contributed by atoms with Gasteiger partial charge >= 0.3 is 0 Å². The van der Waals surface area contributed by atoms with E-state index in [4.69, 9.17) is 4.74 Å². The molecule has 0 bridgehead atoms. The molecule has 0 fully saturated rings. The smallest absolute Gasteiger partial charge is 0.122 e. The molecule has 0 atom stereocenters. The van der Waals surface area contributed by atoms with Gasteiger partial charge in [0.05, 0.1) is 6.61 Å². The third kappa shape index (κ3) is 4.83. The van der Waals surface area contributed by atoms with Gasteiger partial charge in [-0.25, -0.2) is 0 Å². The van der Waals surface area contributed by atoms with Gasteiger partial charge in [0.25, 0.3) is 0 Å². The summed E-state index contributed by atoms with van der Waals surface area (Å²) in [6.07, 6.45) is 4.86. The second kappa shape index (κ2) is 7.94. The van der Waals surface area contributed by atoms with Crippen LogP contribution in [0, 0.1) is 19.3 Å². The summed E-state index contributed by atoms with van der Waals surface area (Å²) < 4.78 is 6.12. The first kappa shape index (κ1) is 16.6. The lowest BCUT2D eigenvalue weighted by atomic mass is 9.82. The van der Waals surface area contributed by atoms with Gasteiger partial charge in [0.2, 0.25) is 0 Å². The maximum Gasteiger partial charge on any atom is 0.122 e. The predicted octanol–water partition coefficient (Wildman–Crippen LogP) is 5.66. The van der Waals surface area contributed by atoms with E-state index in [2.05, 4.69) is 61.8 Å². The Morgan fingerprint density at radius 2 is 1.74 bits per heavy atom. The van der Waals surface area contributed by atoms with Crippen LogP contribution in [0.2, 0.25) is 0 Å². The zero-order chi connectivity index (χ0) is 14.3. The van der Waals surface area contributed by atoms with Crippen molar-refractivity contribution in [3.63, 3.8) is 0 Å². The lowest BCUT2D eigenvalue weighted by molar-refractivity contribution is 0.144. The molecule has 0 aliphatic carbocycles. The summed E-state index contributed by atoms with van der Waals surface area (Å²) in [5, 5.41) is 1.02. The molecule has 0 amide bonds. The molecule has 1 rings (SSSR count). The minimum absolute atomic E-state index is 0.279. The Morgan fingerprint density at radius 3 is 2.21 bits per heavy atom. The maximum absolute atomic E-state index is 6.12. The highest BCUT2D eigenvalue weighted by Gasteiger charge is 2.28. The first-order valence-electron chi connectivity index (χ1n) is 7.33. The molecule has 0 aliphatic heterocycles. The van der Waals surface area contributed by atoms with E-state index < -0.39 is 0 Å². The molecule has 108 valence electrons. The van der Waals surface area contributed by atoms with Crippen LogP contribution in [0.15, 0.2) is 18.2 Å². The summed E-state index contributed by atoms with van der Waals surface area (Å²) in [5.74, 6) is 1.03. The standard InChI is InChI=1S/C17H27BrO/c1-5-9-17(12-18,10-6-2)13-19-16-8-7-14(3)11-15(16)4/h7-8,11H,5-6,9-10,12-13H2,1-4H3. The van der Waals surface area contributed by atoms with Crippen molar-refractivity contribution in [2.45, 2.75) is 53.4 Å². The Morgan fingerprint density at radius 1 is 1.11 bits per heavy atom. The SMILES string of the molecule is CCCC(CBr)(CCC)COc1ccc(C)cc1C. The van der Waals surface area contributed by atoms with Crippen molar-refractivity contribution in [2.24, 2.45) is 5.41 Å². The maximum atomic E-state index is 6.12. The van der Waals surface area contributed by atoms with Crippen molar-refractivity contribution < 1.29 is 4.74 Å². The average molecular weight is 327 g/mol. The Kier molecular flexibility index (Phi) is 6.92. The minimum atomic E-state index is 0.279. The van der Waals surface area contributed by atoms with Gasteiger partial charge in [-0.05, 0) is 38.3 Å². The number of hydrogen-bond donors (Lipinski definition) is 0. The van der Waals surface area contributed by atoms with Crippen LogP contribution in [-0.2, 0) is 0 Å². The fraction of sp³-hybridized carbons (Fsp3) is 0.647. The molecule has 1 aromatic carbocycles. The van der Waals surface area contributed by atoms with E-state index in [0.717, 1.165) is 17.7 Å². The van der Waals surface area contributed by atoms with Gasteiger partial charge in [0.1, 0.15) is 5.75 Å². The summed E-state index contributed by atoms with van der Waals surface area (Å²) in [5.41, 5.74) is 2.80. The van der Waals surface area contributed by atoms with E-state index >= 15 is 0 Å². The number of alkyl halides is 1. The zero-order valence-electron chi connectivity index (χ0n) is 12.8. The molecular weight excluding hydrogens is 300 g/mol. The van der Waals surface area contributed by atoms with Gasteiger partial charge in [-0.1, -0.05) is 60.3 Å². The number of halogens is 1. The summed E-state index contributed by atoms with van der Waals surface area (Å²) in [6.45, 7) is 9.56. The molecule has 0 spiro atoms. The van der Waals surface area contributed by atoms with Crippen LogP contribution in [0.5, 0.6) is 5.75 Å². The van der Waals surface area contributed by atoms with E-state index in [0.29, 0.717) is 0 Å². The Bertz CT molecular complexity index is 381. The molecule has 0 aliphatic rings. The number of rotatable bonds is 8. The Hall–Kier alpha value is -0.500. The molecule has 0 aromatic heterocycles. The molecule has 0 saturated heterocycles. The molecule has 2 heteroatoms. The summed E-state index contributed by atoms with van der Waals surface area (Å²) in [6, 6.07) is 6.41. The van der Waals surface area contributed by atoms with E-state index in [9.17, 15) is 0 Å². The van der Waals surface area contributed by atoms with E-state index in [-0.39, 0.29) is 5.41 Å². The molecule has 0 unspecified atom stereocenters. The van der Waals surface area contributed by atoms with E-state index in [1.807, 2.05) is 0 Å². The van der Waals surface area contributed by atoms with Crippen LogP contribution in [0.1, 0.15) is 50.7 Å². The van der Waals surface area contributed by atoms with E-state index in [1.165, 1.54) is 36.8 Å². The average Bonchev–Trinajstić information content (AvgIpc) is 2.38. The van der Waals surface area contributed by atoms with Gasteiger partial charge in [0, 0.05) is 10.7 Å².